The largest absolute Gasteiger partial charge is 0.496 e. The van der Waals surface area contributed by atoms with Crippen LogP contribution in [-0.2, 0) is 6.54 Å². The third-order valence-electron chi connectivity index (χ3n) is 3.33. The Bertz CT molecular complexity index is 633. The average Bonchev–Trinajstić information content (AvgIpc) is 2.94. The first-order chi connectivity index (χ1) is 10.0. The molecule has 1 atom stereocenters. The maximum Gasteiger partial charge on any atom is 0.338 e. The summed E-state index contributed by atoms with van der Waals surface area (Å²) in [4.78, 5) is 10.8. The Balaban J connectivity index is 2.05. The molecular weight excluding hydrogens is 270 g/mol. The van der Waals surface area contributed by atoms with Gasteiger partial charge < -0.3 is 19.6 Å². The zero-order valence-electron chi connectivity index (χ0n) is 12.3. The fraction of sp³-hybridized carbons (Fsp3) is 0.312. The van der Waals surface area contributed by atoms with Gasteiger partial charge in [0.25, 0.3) is 0 Å². The van der Waals surface area contributed by atoms with E-state index in [1.165, 1.54) is 12.3 Å². The summed E-state index contributed by atoms with van der Waals surface area (Å²) in [7, 11) is 1.65. The Kier molecular flexibility index (Phi) is 4.65. The van der Waals surface area contributed by atoms with Crippen LogP contribution in [0, 0.1) is 6.92 Å². The maximum absolute atomic E-state index is 10.8. The molecule has 21 heavy (non-hydrogen) atoms. The monoisotopic (exact) mass is 289 g/mol. The molecule has 2 aromatic rings. The fourth-order valence-electron chi connectivity index (χ4n) is 2.14. The first kappa shape index (κ1) is 15.1. The zero-order chi connectivity index (χ0) is 15.4. The number of carboxylic acid groups (broad SMARTS) is 1. The van der Waals surface area contributed by atoms with Gasteiger partial charge in [0.1, 0.15) is 17.8 Å². The van der Waals surface area contributed by atoms with E-state index < -0.39 is 5.97 Å². The Morgan fingerprint density at radius 3 is 2.81 bits per heavy atom. The minimum absolute atomic E-state index is 0.0539. The van der Waals surface area contributed by atoms with Crippen LogP contribution in [0.3, 0.4) is 0 Å². The Labute approximate surface area is 123 Å². The summed E-state index contributed by atoms with van der Waals surface area (Å²) in [5, 5.41) is 12.2. The molecule has 1 heterocycles. The molecule has 0 saturated carbocycles. The van der Waals surface area contributed by atoms with Crippen molar-refractivity contribution in [3.8, 4) is 5.75 Å². The number of carbonyl (C=O) groups is 1. The zero-order valence-corrected chi connectivity index (χ0v) is 12.3. The van der Waals surface area contributed by atoms with E-state index in [-0.39, 0.29) is 11.6 Å². The van der Waals surface area contributed by atoms with Crippen LogP contribution in [-0.4, -0.2) is 18.2 Å². The van der Waals surface area contributed by atoms with Gasteiger partial charge in [0, 0.05) is 11.6 Å². The number of hydrogen-bond donors (Lipinski definition) is 2. The first-order valence-corrected chi connectivity index (χ1v) is 6.70. The van der Waals surface area contributed by atoms with Crippen LogP contribution in [0.25, 0.3) is 0 Å². The smallest absolute Gasteiger partial charge is 0.338 e. The molecule has 1 aromatic carbocycles. The lowest BCUT2D eigenvalue weighted by Crippen LogP contribution is -2.18. The summed E-state index contributed by atoms with van der Waals surface area (Å²) in [6.07, 6.45) is 1.25. The number of aromatic carboxylic acids is 1. The molecule has 0 aliphatic heterocycles. The van der Waals surface area contributed by atoms with E-state index in [1.807, 2.05) is 26.0 Å². The third kappa shape index (κ3) is 3.64. The lowest BCUT2D eigenvalue weighted by Gasteiger charge is -2.17. The predicted octanol–water partition coefficient (Wildman–Crippen LogP) is 3.15. The molecule has 0 spiro atoms. The normalized spacial score (nSPS) is 12.1. The first-order valence-electron chi connectivity index (χ1n) is 6.70. The number of nitrogens with one attached hydrogen (secondary N) is 1. The highest BCUT2D eigenvalue weighted by molar-refractivity contribution is 5.87. The molecular formula is C16H19NO4. The number of benzene rings is 1. The molecule has 1 aromatic heterocycles. The number of rotatable bonds is 6. The van der Waals surface area contributed by atoms with Crippen LogP contribution in [0.15, 0.2) is 34.9 Å². The number of hydrogen-bond acceptors (Lipinski definition) is 4. The summed E-state index contributed by atoms with van der Waals surface area (Å²) in [5.41, 5.74) is 2.38. The number of furan rings is 1. The van der Waals surface area contributed by atoms with Gasteiger partial charge in [-0.05, 0) is 26.0 Å². The summed E-state index contributed by atoms with van der Waals surface area (Å²) in [5.74, 6) is 0.426. The lowest BCUT2D eigenvalue weighted by atomic mass is 10.0. The van der Waals surface area contributed by atoms with E-state index >= 15 is 0 Å². The van der Waals surface area contributed by atoms with Crippen LogP contribution >= 0.6 is 0 Å². The van der Waals surface area contributed by atoms with Crippen molar-refractivity contribution in [3.63, 3.8) is 0 Å². The molecule has 2 rings (SSSR count). The van der Waals surface area contributed by atoms with Crippen molar-refractivity contribution >= 4 is 5.97 Å². The highest BCUT2D eigenvalue weighted by Crippen LogP contribution is 2.26. The molecule has 112 valence electrons. The molecule has 0 fully saturated rings. The maximum atomic E-state index is 10.8. The van der Waals surface area contributed by atoms with Gasteiger partial charge in [-0.1, -0.05) is 17.7 Å². The van der Waals surface area contributed by atoms with Gasteiger partial charge in [-0.3, -0.25) is 0 Å². The van der Waals surface area contributed by atoms with Crippen LogP contribution in [0.2, 0.25) is 0 Å². The molecule has 0 amide bonds. The summed E-state index contributed by atoms with van der Waals surface area (Å²) >= 11 is 0. The van der Waals surface area contributed by atoms with Crippen molar-refractivity contribution < 1.29 is 19.1 Å². The van der Waals surface area contributed by atoms with Crippen LogP contribution in [0.1, 0.15) is 40.2 Å². The number of ether oxygens (including phenoxy) is 1. The number of methoxy groups -OCH3 is 1. The molecule has 0 radical (unpaired) electrons. The van der Waals surface area contributed by atoms with E-state index in [9.17, 15) is 4.79 Å². The lowest BCUT2D eigenvalue weighted by molar-refractivity contribution is 0.0696. The minimum Gasteiger partial charge on any atom is -0.496 e. The number of carboxylic acids is 1. The van der Waals surface area contributed by atoms with Crippen LogP contribution in [0.5, 0.6) is 5.75 Å². The van der Waals surface area contributed by atoms with Crippen LogP contribution in [0.4, 0.5) is 0 Å². The second-order valence-corrected chi connectivity index (χ2v) is 4.95. The molecule has 0 saturated heterocycles. The molecule has 2 N–H and O–H groups in total. The van der Waals surface area contributed by atoms with Crippen molar-refractivity contribution in [2.75, 3.05) is 7.11 Å². The Hall–Kier alpha value is -2.27. The van der Waals surface area contributed by atoms with Gasteiger partial charge in [0.2, 0.25) is 0 Å². The topological polar surface area (TPSA) is 71.7 Å². The molecule has 0 aliphatic carbocycles. The third-order valence-corrected chi connectivity index (χ3v) is 3.33. The van der Waals surface area contributed by atoms with Crippen molar-refractivity contribution in [2.24, 2.45) is 0 Å². The highest BCUT2D eigenvalue weighted by Gasteiger charge is 2.13. The molecule has 5 heteroatoms. The van der Waals surface area contributed by atoms with Gasteiger partial charge in [0.15, 0.2) is 0 Å². The number of aryl methyl sites for hydroxylation is 1. The Morgan fingerprint density at radius 2 is 2.19 bits per heavy atom. The van der Waals surface area contributed by atoms with Gasteiger partial charge in [0.05, 0.1) is 19.2 Å². The van der Waals surface area contributed by atoms with E-state index in [1.54, 1.807) is 7.11 Å². The second-order valence-electron chi connectivity index (χ2n) is 4.95. The van der Waals surface area contributed by atoms with E-state index in [0.29, 0.717) is 12.3 Å². The quantitative estimate of drug-likeness (QED) is 0.854. The van der Waals surface area contributed by atoms with Gasteiger partial charge >= 0.3 is 5.97 Å². The van der Waals surface area contributed by atoms with Crippen molar-refractivity contribution in [2.45, 2.75) is 26.4 Å². The molecule has 5 nitrogen and oxygen atoms in total. The average molecular weight is 289 g/mol. The summed E-state index contributed by atoms with van der Waals surface area (Å²) in [6.45, 7) is 4.51. The Morgan fingerprint density at radius 1 is 1.43 bits per heavy atom. The molecule has 0 bridgehead atoms. The van der Waals surface area contributed by atoms with Crippen molar-refractivity contribution in [1.29, 1.82) is 0 Å². The van der Waals surface area contributed by atoms with E-state index in [2.05, 4.69) is 11.4 Å². The molecule has 1 unspecified atom stereocenters. The van der Waals surface area contributed by atoms with Crippen molar-refractivity contribution in [1.82, 2.24) is 5.32 Å². The van der Waals surface area contributed by atoms with E-state index in [4.69, 9.17) is 14.3 Å². The van der Waals surface area contributed by atoms with Crippen molar-refractivity contribution in [3.05, 3.63) is 53.0 Å². The van der Waals surface area contributed by atoms with Crippen LogP contribution < -0.4 is 10.1 Å². The minimum atomic E-state index is -0.988. The summed E-state index contributed by atoms with van der Waals surface area (Å²) < 4.78 is 10.6. The molecule has 0 aliphatic rings. The van der Waals surface area contributed by atoms with Gasteiger partial charge in [-0.2, -0.15) is 0 Å². The standard InChI is InChI=1S/C16H19NO4/c1-10-4-5-15(20-3)14(6-10)11(2)17-8-13-7-12(9-21-13)16(18)19/h4-7,9,11,17H,8H2,1-3H3,(H,18,19). The van der Waals surface area contributed by atoms with E-state index in [0.717, 1.165) is 16.9 Å². The SMILES string of the molecule is COc1ccc(C)cc1C(C)NCc1cc(C(=O)O)co1. The summed E-state index contributed by atoms with van der Waals surface area (Å²) in [6, 6.07) is 7.59. The fourth-order valence-corrected chi connectivity index (χ4v) is 2.14. The highest BCUT2D eigenvalue weighted by atomic mass is 16.5. The van der Waals surface area contributed by atoms with Gasteiger partial charge in [-0.15, -0.1) is 0 Å². The second kappa shape index (κ2) is 6.45. The predicted molar refractivity (Wildman–Crippen MR) is 78.7 cm³/mol. The van der Waals surface area contributed by atoms with Gasteiger partial charge in [-0.25, -0.2) is 4.79 Å².